The van der Waals surface area contributed by atoms with E-state index in [0.29, 0.717) is 0 Å². The number of ether oxygens (including phenoxy) is 1. The lowest BCUT2D eigenvalue weighted by Gasteiger charge is -2.02. The Labute approximate surface area is 64.8 Å². The van der Waals surface area contributed by atoms with Gasteiger partial charge in [-0.2, -0.15) is 0 Å². The van der Waals surface area contributed by atoms with Gasteiger partial charge in [-0.15, -0.1) is 0 Å². The third-order valence-corrected chi connectivity index (χ3v) is 1.47. The van der Waals surface area contributed by atoms with Crippen molar-refractivity contribution in [3.8, 4) is 0 Å². The van der Waals surface area contributed by atoms with Gasteiger partial charge in [0.1, 0.15) is 0 Å². The molecule has 0 aliphatic heterocycles. The normalized spacial score (nSPS) is 10.8. The molecule has 0 aliphatic rings. The van der Waals surface area contributed by atoms with Crippen LogP contribution in [0.2, 0.25) is 0 Å². The van der Waals surface area contributed by atoms with Crippen LogP contribution in [0.5, 0.6) is 0 Å². The largest absolute Gasteiger partial charge is 0.385 e. The highest BCUT2D eigenvalue weighted by Crippen LogP contribution is 2.06. The van der Waals surface area contributed by atoms with Crippen molar-refractivity contribution in [3.05, 3.63) is 6.42 Å². The molecule has 0 saturated heterocycles. The van der Waals surface area contributed by atoms with Crippen LogP contribution in [-0.4, -0.2) is 13.7 Å². The summed E-state index contributed by atoms with van der Waals surface area (Å²) in [4.78, 5) is 0. The number of unbranched alkanes of at least 4 members (excludes halogenated alkanes) is 2. The number of hydrogen-bond acceptors (Lipinski definition) is 1. The summed E-state index contributed by atoms with van der Waals surface area (Å²) in [5, 5.41) is 0. The van der Waals surface area contributed by atoms with Crippen LogP contribution in [0.4, 0.5) is 0 Å². The summed E-state index contributed by atoms with van der Waals surface area (Å²) in [5.41, 5.74) is 0. The molecule has 1 heteroatoms. The van der Waals surface area contributed by atoms with Crippen molar-refractivity contribution < 1.29 is 4.74 Å². The van der Waals surface area contributed by atoms with Crippen molar-refractivity contribution in [2.24, 2.45) is 5.92 Å². The smallest absolute Gasteiger partial charge is 0.0465 e. The quantitative estimate of drug-likeness (QED) is 0.519. The highest BCUT2D eigenvalue weighted by Gasteiger charge is 1.93. The Morgan fingerprint density at radius 2 is 2.00 bits per heavy atom. The molecule has 0 aromatic carbocycles. The first-order valence-corrected chi connectivity index (χ1v) is 4.08. The van der Waals surface area contributed by atoms with E-state index in [1.54, 1.807) is 7.11 Å². The zero-order chi connectivity index (χ0) is 7.82. The fraction of sp³-hybridized carbons (Fsp3) is 0.889. The van der Waals surface area contributed by atoms with Gasteiger partial charge in [0, 0.05) is 13.7 Å². The Hall–Kier alpha value is -0.0400. The first-order chi connectivity index (χ1) is 4.77. The molecule has 0 aromatic heterocycles. The number of hydrogen-bond donors (Lipinski definition) is 0. The Balaban J connectivity index is 2.77. The van der Waals surface area contributed by atoms with Crippen molar-refractivity contribution in [1.82, 2.24) is 0 Å². The van der Waals surface area contributed by atoms with E-state index in [4.69, 9.17) is 4.74 Å². The molecule has 0 aromatic rings. The Morgan fingerprint density at radius 3 is 2.50 bits per heavy atom. The van der Waals surface area contributed by atoms with Gasteiger partial charge in [0.25, 0.3) is 0 Å². The van der Waals surface area contributed by atoms with Crippen molar-refractivity contribution in [2.45, 2.75) is 33.1 Å². The predicted octanol–water partition coefficient (Wildman–Crippen LogP) is 2.66. The monoisotopic (exact) mass is 143 g/mol. The van der Waals surface area contributed by atoms with Crippen LogP contribution in [0.15, 0.2) is 0 Å². The SMILES string of the molecule is COCC[CH]CCC(C)C. The van der Waals surface area contributed by atoms with Gasteiger partial charge in [-0.25, -0.2) is 0 Å². The van der Waals surface area contributed by atoms with Crippen LogP contribution < -0.4 is 0 Å². The molecule has 1 nitrogen and oxygen atoms in total. The van der Waals surface area contributed by atoms with E-state index in [-0.39, 0.29) is 0 Å². The molecule has 0 rings (SSSR count). The molecular weight excluding hydrogens is 124 g/mol. The standard InChI is InChI=1S/C9H19O/c1-9(2)7-5-4-6-8-10-3/h4,9H,5-8H2,1-3H3. The molecule has 1 radical (unpaired) electrons. The third-order valence-electron chi connectivity index (χ3n) is 1.47. The van der Waals surface area contributed by atoms with Crippen molar-refractivity contribution >= 4 is 0 Å². The molecule has 0 bridgehead atoms. The molecule has 0 spiro atoms. The molecule has 0 fully saturated rings. The van der Waals surface area contributed by atoms with E-state index in [2.05, 4.69) is 20.3 Å². The van der Waals surface area contributed by atoms with E-state index in [1.807, 2.05) is 0 Å². The van der Waals surface area contributed by atoms with Gasteiger partial charge in [0.15, 0.2) is 0 Å². The van der Waals surface area contributed by atoms with Crippen LogP contribution in [0.3, 0.4) is 0 Å². The second kappa shape index (κ2) is 7.07. The molecule has 0 amide bonds. The summed E-state index contributed by atoms with van der Waals surface area (Å²) >= 11 is 0. The summed E-state index contributed by atoms with van der Waals surface area (Å²) in [6, 6.07) is 0. The molecule has 0 unspecified atom stereocenters. The average Bonchev–Trinajstić information content (AvgIpc) is 1.87. The van der Waals surface area contributed by atoms with E-state index >= 15 is 0 Å². The lowest BCUT2D eigenvalue weighted by atomic mass is 10.1. The first-order valence-electron chi connectivity index (χ1n) is 4.08. The van der Waals surface area contributed by atoms with Gasteiger partial charge in [-0.3, -0.25) is 0 Å². The van der Waals surface area contributed by atoms with E-state index in [9.17, 15) is 0 Å². The van der Waals surface area contributed by atoms with Crippen LogP contribution in [0.1, 0.15) is 33.1 Å². The van der Waals surface area contributed by atoms with E-state index in [0.717, 1.165) is 18.9 Å². The highest BCUT2D eigenvalue weighted by molar-refractivity contribution is 4.64. The number of rotatable bonds is 6. The van der Waals surface area contributed by atoms with Crippen LogP contribution in [-0.2, 0) is 4.74 Å². The van der Waals surface area contributed by atoms with Gasteiger partial charge >= 0.3 is 0 Å². The molecule has 61 valence electrons. The first kappa shape index (κ1) is 9.96. The van der Waals surface area contributed by atoms with E-state index in [1.165, 1.54) is 12.8 Å². The maximum Gasteiger partial charge on any atom is 0.0465 e. The fourth-order valence-corrected chi connectivity index (χ4v) is 0.797. The van der Waals surface area contributed by atoms with Gasteiger partial charge in [0.2, 0.25) is 0 Å². The summed E-state index contributed by atoms with van der Waals surface area (Å²) in [7, 11) is 1.75. The lowest BCUT2D eigenvalue weighted by Crippen LogP contribution is -1.91. The summed E-state index contributed by atoms with van der Waals surface area (Å²) in [6.07, 6.45) is 5.96. The zero-order valence-corrected chi connectivity index (χ0v) is 7.39. The zero-order valence-electron chi connectivity index (χ0n) is 7.39. The maximum absolute atomic E-state index is 4.92. The van der Waals surface area contributed by atoms with Crippen LogP contribution in [0.25, 0.3) is 0 Å². The molecule has 0 N–H and O–H groups in total. The molecule has 10 heavy (non-hydrogen) atoms. The molecule has 0 aliphatic carbocycles. The Morgan fingerprint density at radius 1 is 1.30 bits per heavy atom. The van der Waals surface area contributed by atoms with Crippen molar-refractivity contribution in [3.63, 3.8) is 0 Å². The highest BCUT2D eigenvalue weighted by atomic mass is 16.5. The van der Waals surface area contributed by atoms with Crippen molar-refractivity contribution in [2.75, 3.05) is 13.7 Å². The number of methoxy groups -OCH3 is 1. The Bertz CT molecular complexity index is 59.7. The van der Waals surface area contributed by atoms with Gasteiger partial charge in [-0.1, -0.05) is 20.3 Å². The van der Waals surface area contributed by atoms with E-state index < -0.39 is 0 Å². The summed E-state index contributed by atoms with van der Waals surface area (Å²) in [5.74, 6) is 0.832. The Kier molecular flexibility index (Phi) is 7.04. The maximum atomic E-state index is 4.92. The van der Waals surface area contributed by atoms with Gasteiger partial charge < -0.3 is 4.74 Å². The average molecular weight is 143 g/mol. The predicted molar refractivity (Wildman–Crippen MR) is 44.9 cm³/mol. The van der Waals surface area contributed by atoms with Gasteiger partial charge in [0.05, 0.1) is 0 Å². The summed E-state index contributed by atoms with van der Waals surface area (Å²) < 4.78 is 4.92. The minimum absolute atomic E-state index is 0.832. The second-order valence-corrected chi connectivity index (χ2v) is 3.04. The second-order valence-electron chi connectivity index (χ2n) is 3.04. The minimum atomic E-state index is 0.832. The van der Waals surface area contributed by atoms with Crippen LogP contribution >= 0.6 is 0 Å². The van der Waals surface area contributed by atoms with Crippen molar-refractivity contribution in [1.29, 1.82) is 0 Å². The molecule has 0 atom stereocenters. The molecule has 0 saturated carbocycles. The topological polar surface area (TPSA) is 9.23 Å². The molecule has 0 heterocycles. The minimum Gasteiger partial charge on any atom is -0.385 e. The molecular formula is C9H19O. The third kappa shape index (κ3) is 7.96. The fourth-order valence-electron chi connectivity index (χ4n) is 0.797. The van der Waals surface area contributed by atoms with Crippen LogP contribution in [0, 0.1) is 12.3 Å². The summed E-state index contributed by atoms with van der Waals surface area (Å²) in [6.45, 7) is 5.38. The lowest BCUT2D eigenvalue weighted by molar-refractivity contribution is 0.200. The van der Waals surface area contributed by atoms with Gasteiger partial charge in [-0.05, 0) is 25.2 Å².